The van der Waals surface area contributed by atoms with Crippen molar-refractivity contribution in [1.29, 1.82) is 0 Å². The number of guanidine groups is 1. The van der Waals surface area contributed by atoms with Gasteiger partial charge in [0.15, 0.2) is 5.96 Å². The lowest BCUT2D eigenvalue weighted by Crippen LogP contribution is -2.35. The maximum absolute atomic E-state index is 4.58. The molecule has 0 atom stereocenters. The molecule has 0 spiro atoms. The van der Waals surface area contributed by atoms with Crippen LogP contribution in [0.15, 0.2) is 4.76 Å². The Hall–Kier alpha value is -0.430. The van der Waals surface area contributed by atoms with Crippen molar-refractivity contribution in [3.63, 3.8) is 0 Å². The second-order valence-electron chi connectivity index (χ2n) is 3.81. The first-order valence-corrected chi connectivity index (χ1v) is 6.69. The van der Waals surface area contributed by atoms with Crippen molar-refractivity contribution in [3.8, 4) is 0 Å². The van der Waals surface area contributed by atoms with Gasteiger partial charge in [0.1, 0.15) is 0 Å². The number of hydrogen-bond acceptors (Lipinski definition) is 1. The Morgan fingerprint density at radius 3 is 1.50 bits per heavy atom. The van der Waals surface area contributed by atoms with E-state index in [1.54, 1.807) is 0 Å². The molecule has 0 aromatic carbocycles. The Morgan fingerprint density at radius 2 is 1.42 bits per heavy atom. The molecule has 0 aliphatic rings. The van der Waals surface area contributed by atoms with E-state index in [9.17, 15) is 0 Å². The summed E-state index contributed by atoms with van der Waals surface area (Å²) in [7, 11) is 6.65. The van der Waals surface area contributed by atoms with Crippen molar-refractivity contribution in [2.45, 2.75) is 0 Å². The molecule has 0 fully saturated rings. The van der Waals surface area contributed by atoms with Crippen LogP contribution in [0.1, 0.15) is 0 Å². The molecule has 0 heterocycles. The topological polar surface area (TPSA) is 18.8 Å². The van der Waals surface area contributed by atoms with Gasteiger partial charge >= 0.3 is 0 Å². The zero-order valence-corrected chi connectivity index (χ0v) is 9.89. The molecule has 0 amide bonds. The smallest absolute Gasteiger partial charge is 0.199 e. The highest BCUT2D eigenvalue weighted by Crippen LogP contribution is 2.37. The van der Waals surface area contributed by atoms with E-state index < -0.39 is 7.04 Å². The maximum atomic E-state index is 4.58. The second kappa shape index (κ2) is 3.99. The fraction of sp³-hybridized carbons (Fsp3) is 0.750. The highest BCUT2D eigenvalue weighted by molar-refractivity contribution is 7.71. The van der Waals surface area contributed by atoms with Gasteiger partial charge in [-0.05, 0) is 20.4 Å². The Balaban J connectivity index is 4.75. The van der Waals surface area contributed by atoms with E-state index in [2.05, 4.69) is 24.4 Å². The van der Waals surface area contributed by atoms with Crippen LogP contribution in [0.25, 0.3) is 0 Å². The normalized spacial score (nSPS) is 10.8. The molecule has 4 heteroatoms. The third kappa shape index (κ3) is 4.45. The number of hydrogen-bond donors (Lipinski definition) is 0. The van der Waals surface area contributed by atoms with Crippen molar-refractivity contribution < 1.29 is 0 Å². The molecule has 0 saturated carbocycles. The third-order valence-electron chi connectivity index (χ3n) is 1.16. The molecular formula is C8H20N3P. The van der Waals surface area contributed by atoms with Gasteiger partial charge in [0.2, 0.25) is 0 Å². The Labute approximate surface area is 76.1 Å². The minimum Gasteiger partial charge on any atom is -0.349 e. The van der Waals surface area contributed by atoms with Crippen LogP contribution < -0.4 is 0 Å². The Kier molecular flexibility index (Phi) is 3.85. The molecule has 72 valence electrons. The monoisotopic (exact) mass is 189 g/mol. The van der Waals surface area contributed by atoms with E-state index in [1.807, 2.05) is 38.0 Å². The molecule has 0 N–H and O–H groups in total. The van der Waals surface area contributed by atoms with Gasteiger partial charge in [-0.2, -0.15) is 0 Å². The summed E-state index contributed by atoms with van der Waals surface area (Å²) in [6.07, 6.45) is 4.05. The molecule has 0 aromatic rings. The van der Waals surface area contributed by atoms with Gasteiger partial charge in [-0.3, -0.25) is 0 Å². The zero-order chi connectivity index (χ0) is 9.94. The largest absolute Gasteiger partial charge is 0.349 e. The molecule has 0 aromatic heterocycles. The van der Waals surface area contributed by atoms with Crippen molar-refractivity contribution >= 4 is 19.3 Å². The van der Waals surface area contributed by atoms with E-state index in [0.717, 1.165) is 5.96 Å². The molecule has 0 radical (unpaired) electrons. The van der Waals surface area contributed by atoms with E-state index in [1.165, 1.54) is 0 Å². The highest BCUT2D eigenvalue weighted by Gasteiger charge is 2.06. The van der Waals surface area contributed by atoms with Gasteiger partial charge in [0, 0.05) is 28.2 Å². The van der Waals surface area contributed by atoms with Crippen molar-refractivity contribution in [3.05, 3.63) is 0 Å². The van der Waals surface area contributed by atoms with Crippen LogP contribution in [0, 0.1) is 0 Å². The second-order valence-corrected chi connectivity index (χ2v) is 7.25. The SMILES string of the molecule is C=P(C)(C)N=C(N(C)C)N(C)C. The Morgan fingerprint density at radius 1 is 1.08 bits per heavy atom. The third-order valence-corrected chi connectivity index (χ3v) is 1.88. The summed E-state index contributed by atoms with van der Waals surface area (Å²) >= 11 is 0. The van der Waals surface area contributed by atoms with Crippen LogP contribution >= 0.6 is 7.04 Å². The van der Waals surface area contributed by atoms with Gasteiger partial charge in [-0.25, -0.2) is 4.76 Å². The first-order chi connectivity index (χ1) is 5.24. The van der Waals surface area contributed by atoms with Gasteiger partial charge in [-0.1, -0.05) is 6.30 Å². The summed E-state index contributed by atoms with van der Waals surface area (Å²) in [5.74, 6) is 0.989. The van der Waals surface area contributed by atoms with Gasteiger partial charge in [-0.15, -0.1) is 0 Å². The summed E-state index contributed by atoms with van der Waals surface area (Å²) in [5.41, 5.74) is 0. The minimum atomic E-state index is -1.32. The predicted octanol–water partition coefficient (Wildman–Crippen LogP) is 1.09. The molecule has 0 aliphatic carbocycles. The zero-order valence-electron chi connectivity index (χ0n) is 9.00. The fourth-order valence-electron chi connectivity index (χ4n) is 0.821. The minimum absolute atomic E-state index is 0.989. The van der Waals surface area contributed by atoms with Crippen LogP contribution in [0.5, 0.6) is 0 Å². The van der Waals surface area contributed by atoms with E-state index in [-0.39, 0.29) is 0 Å². The number of nitrogens with zero attached hydrogens (tertiary/aromatic N) is 3. The molecule has 3 nitrogen and oxygen atoms in total. The summed E-state index contributed by atoms with van der Waals surface area (Å²) in [6, 6.07) is 0. The standard InChI is InChI=1S/C8H20N3P/c1-10(2)8(11(3)4)9-12(5,6)7/h5H2,1-4,6-7H3. The van der Waals surface area contributed by atoms with Crippen LogP contribution in [0.2, 0.25) is 0 Å². The summed E-state index contributed by atoms with van der Waals surface area (Å²) < 4.78 is 4.58. The summed E-state index contributed by atoms with van der Waals surface area (Å²) in [6.45, 7) is 4.19. The van der Waals surface area contributed by atoms with Crippen LogP contribution in [0.4, 0.5) is 0 Å². The predicted molar refractivity (Wildman–Crippen MR) is 60.7 cm³/mol. The lowest BCUT2D eigenvalue weighted by atomic mass is 10.7. The van der Waals surface area contributed by atoms with Crippen LogP contribution in [0.3, 0.4) is 0 Å². The molecule has 0 saturated heterocycles. The van der Waals surface area contributed by atoms with Crippen molar-refractivity contribution in [2.24, 2.45) is 4.76 Å². The van der Waals surface area contributed by atoms with Crippen LogP contribution in [-0.4, -0.2) is 63.6 Å². The van der Waals surface area contributed by atoms with Crippen molar-refractivity contribution in [1.82, 2.24) is 9.80 Å². The first kappa shape index (κ1) is 11.6. The molecule has 0 aliphatic heterocycles. The Bertz CT molecular complexity index is 202. The lowest BCUT2D eigenvalue weighted by molar-refractivity contribution is 0.486. The summed E-state index contributed by atoms with van der Waals surface area (Å²) in [4.78, 5) is 4.01. The molecular weight excluding hydrogens is 169 g/mol. The van der Waals surface area contributed by atoms with E-state index in [0.29, 0.717) is 0 Å². The molecule has 0 bridgehead atoms. The van der Waals surface area contributed by atoms with E-state index in [4.69, 9.17) is 0 Å². The number of rotatable bonds is 1. The molecule has 0 unspecified atom stereocenters. The average Bonchev–Trinajstić information content (AvgIpc) is 1.79. The van der Waals surface area contributed by atoms with Gasteiger partial charge in [0.25, 0.3) is 0 Å². The van der Waals surface area contributed by atoms with Gasteiger partial charge in [0.05, 0.1) is 0 Å². The lowest BCUT2D eigenvalue weighted by Gasteiger charge is -2.24. The quantitative estimate of drug-likeness (QED) is 0.349. The first-order valence-electron chi connectivity index (χ1n) is 3.87. The molecule has 12 heavy (non-hydrogen) atoms. The van der Waals surface area contributed by atoms with Crippen LogP contribution in [-0.2, 0) is 0 Å². The maximum Gasteiger partial charge on any atom is 0.199 e. The average molecular weight is 189 g/mol. The van der Waals surface area contributed by atoms with E-state index >= 15 is 0 Å². The van der Waals surface area contributed by atoms with Crippen molar-refractivity contribution in [2.75, 3.05) is 41.5 Å². The van der Waals surface area contributed by atoms with Gasteiger partial charge < -0.3 is 9.80 Å². The molecule has 0 rings (SSSR count). The highest BCUT2D eigenvalue weighted by atomic mass is 31.2. The summed E-state index contributed by atoms with van der Waals surface area (Å²) in [5, 5.41) is 0. The fourth-order valence-corrected chi connectivity index (χ4v) is 1.66.